The van der Waals surface area contributed by atoms with Gasteiger partial charge < -0.3 is 15.4 Å². The number of aldehydes is 1. The predicted octanol–water partition coefficient (Wildman–Crippen LogP) is 3.63. The van der Waals surface area contributed by atoms with Gasteiger partial charge in [-0.25, -0.2) is 0 Å². The smallest absolute Gasteiger partial charge is 0.262 e. The molecule has 0 fully saturated rings. The van der Waals surface area contributed by atoms with E-state index in [-0.39, 0.29) is 18.4 Å². The molecule has 27 heavy (non-hydrogen) atoms. The van der Waals surface area contributed by atoms with Gasteiger partial charge in [-0.2, -0.15) is 0 Å². The fraction of sp³-hybridized carbons (Fsp3) is 0.0952. The van der Waals surface area contributed by atoms with E-state index in [9.17, 15) is 14.4 Å². The molecule has 0 unspecified atom stereocenters. The molecule has 0 aliphatic rings. The van der Waals surface area contributed by atoms with Gasteiger partial charge in [-0.15, -0.1) is 0 Å². The maximum absolute atomic E-state index is 12.1. The van der Waals surface area contributed by atoms with Gasteiger partial charge in [0.15, 0.2) is 12.9 Å². The zero-order chi connectivity index (χ0) is 19.2. The van der Waals surface area contributed by atoms with Crippen LogP contribution in [0.25, 0.3) is 10.8 Å². The van der Waals surface area contributed by atoms with E-state index in [0.717, 1.165) is 17.1 Å². The molecule has 6 heteroatoms. The number of rotatable bonds is 6. The van der Waals surface area contributed by atoms with Gasteiger partial charge in [0.05, 0.1) is 5.56 Å². The summed E-state index contributed by atoms with van der Waals surface area (Å²) in [6, 6.07) is 17.7. The SMILES string of the molecule is CC(=O)Nc1ccc(NC(=O)COc2ccc3ccccc3c2C=O)cc1. The molecule has 0 spiro atoms. The van der Waals surface area contributed by atoms with E-state index in [1.54, 1.807) is 30.3 Å². The lowest BCUT2D eigenvalue weighted by Gasteiger charge is -2.11. The van der Waals surface area contributed by atoms with Crippen molar-refractivity contribution < 1.29 is 19.1 Å². The molecule has 6 nitrogen and oxygen atoms in total. The fourth-order valence-electron chi connectivity index (χ4n) is 2.70. The number of benzene rings is 3. The van der Waals surface area contributed by atoms with Crippen molar-refractivity contribution in [1.82, 2.24) is 0 Å². The van der Waals surface area contributed by atoms with Crippen LogP contribution in [0.3, 0.4) is 0 Å². The van der Waals surface area contributed by atoms with Crippen molar-refractivity contribution in [3.63, 3.8) is 0 Å². The largest absolute Gasteiger partial charge is 0.483 e. The van der Waals surface area contributed by atoms with Crippen LogP contribution in [0.5, 0.6) is 5.75 Å². The average Bonchev–Trinajstić information content (AvgIpc) is 2.67. The van der Waals surface area contributed by atoms with Crippen molar-refractivity contribution in [2.75, 3.05) is 17.2 Å². The van der Waals surface area contributed by atoms with Gasteiger partial charge in [0.25, 0.3) is 5.91 Å². The van der Waals surface area contributed by atoms with Crippen LogP contribution >= 0.6 is 0 Å². The summed E-state index contributed by atoms with van der Waals surface area (Å²) >= 11 is 0. The minimum Gasteiger partial charge on any atom is -0.483 e. The lowest BCUT2D eigenvalue weighted by molar-refractivity contribution is -0.118. The molecule has 136 valence electrons. The Morgan fingerprint density at radius 1 is 0.926 bits per heavy atom. The van der Waals surface area contributed by atoms with E-state index in [1.165, 1.54) is 6.92 Å². The maximum atomic E-state index is 12.1. The summed E-state index contributed by atoms with van der Waals surface area (Å²) in [7, 11) is 0. The maximum Gasteiger partial charge on any atom is 0.262 e. The summed E-state index contributed by atoms with van der Waals surface area (Å²) < 4.78 is 5.55. The molecular weight excluding hydrogens is 344 g/mol. The Kier molecular flexibility index (Phi) is 5.47. The number of hydrogen-bond acceptors (Lipinski definition) is 4. The van der Waals surface area contributed by atoms with E-state index >= 15 is 0 Å². The van der Waals surface area contributed by atoms with Crippen LogP contribution in [0, 0.1) is 0 Å². The Labute approximate surface area is 156 Å². The first-order valence-corrected chi connectivity index (χ1v) is 8.34. The van der Waals surface area contributed by atoms with Crippen molar-refractivity contribution in [1.29, 1.82) is 0 Å². The Balaban J connectivity index is 1.65. The minimum atomic E-state index is -0.354. The van der Waals surface area contributed by atoms with E-state index < -0.39 is 0 Å². The van der Waals surface area contributed by atoms with Gasteiger partial charge in [0, 0.05) is 18.3 Å². The van der Waals surface area contributed by atoms with Crippen LogP contribution in [0.2, 0.25) is 0 Å². The number of nitrogens with one attached hydrogen (secondary N) is 2. The number of amides is 2. The predicted molar refractivity (Wildman–Crippen MR) is 104 cm³/mol. The third kappa shape index (κ3) is 4.49. The summed E-state index contributed by atoms with van der Waals surface area (Å²) in [5.74, 6) is -0.159. The van der Waals surface area contributed by atoms with Gasteiger partial charge in [-0.3, -0.25) is 14.4 Å². The Hall–Kier alpha value is -3.67. The Bertz CT molecular complexity index is 997. The normalized spacial score (nSPS) is 10.3. The van der Waals surface area contributed by atoms with E-state index in [0.29, 0.717) is 22.7 Å². The first kappa shape index (κ1) is 18.1. The van der Waals surface area contributed by atoms with Gasteiger partial charge in [-0.1, -0.05) is 30.3 Å². The Morgan fingerprint density at radius 2 is 1.59 bits per heavy atom. The van der Waals surface area contributed by atoms with Gasteiger partial charge in [0.2, 0.25) is 5.91 Å². The number of ether oxygens (including phenoxy) is 1. The van der Waals surface area contributed by atoms with E-state index in [2.05, 4.69) is 10.6 Å². The molecule has 0 saturated carbocycles. The third-order valence-corrected chi connectivity index (χ3v) is 3.90. The van der Waals surface area contributed by atoms with Crippen molar-refractivity contribution in [2.24, 2.45) is 0 Å². The second kappa shape index (κ2) is 8.14. The fourth-order valence-corrected chi connectivity index (χ4v) is 2.70. The minimum absolute atomic E-state index is 0.165. The summed E-state index contributed by atoms with van der Waals surface area (Å²) in [4.78, 5) is 34.6. The van der Waals surface area contributed by atoms with E-state index in [1.807, 2.05) is 30.3 Å². The summed E-state index contributed by atoms with van der Waals surface area (Å²) in [5.41, 5.74) is 1.64. The number of hydrogen-bond donors (Lipinski definition) is 2. The molecule has 3 rings (SSSR count). The van der Waals surface area contributed by atoms with Crippen LogP contribution in [0.1, 0.15) is 17.3 Å². The molecule has 3 aromatic rings. The molecule has 0 atom stereocenters. The average molecular weight is 362 g/mol. The van der Waals surface area contributed by atoms with Crippen LogP contribution in [0.15, 0.2) is 60.7 Å². The monoisotopic (exact) mass is 362 g/mol. The van der Waals surface area contributed by atoms with Crippen LogP contribution in [0.4, 0.5) is 11.4 Å². The highest BCUT2D eigenvalue weighted by atomic mass is 16.5. The Morgan fingerprint density at radius 3 is 2.26 bits per heavy atom. The first-order valence-electron chi connectivity index (χ1n) is 8.34. The van der Waals surface area contributed by atoms with Crippen LogP contribution < -0.4 is 15.4 Å². The standard InChI is InChI=1S/C21H18N2O4/c1-14(25)22-16-7-9-17(10-8-16)23-21(26)13-27-20-11-6-15-4-2-3-5-18(15)19(20)12-24/h2-12H,13H2,1H3,(H,22,25)(H,23,26). The molecule has 3 aromatic carbocycles. The zero-order valence-electron chi connectivity index (χ0n) is 14.7. The summed E-state index contributed by atoms with van der Waals surface area (Å²) in [6.07, 6.45) is 0.732. The number of fused-ring (bicyclic) bond motifs is 1. The third-order valence-electron chi connectivity index (χ3n) is 3.90. The van der Waals surface area contributed by atoms with E-state index in [4.69, 9.17) is 4.74 Å². The summed E-state index contributed by atoms with van der Waals surface area (Å²) in [6.45, 7) is 1.19. The lowest BCUT2D eigenvalue weighted by Crippen LogP contribution is -2.20. The molecule has 0 aliphatic carbocycles. The molecular formula is C21H18N2O4. The second-order valence-corrected chi connectivity index (χ2v) is 5.91. The zero-order valence-corrected chi connectivity index (χ0v) is 14.7. The topological polar surface area (TPSA) is 84.5 Å². The van der Waals surface area contributed by atoms with Crippen molar-refractivity contribution >= 4 is 40.2 Å². The number of carbonyl (C=O) groups is 3. The lowest BCUT2D eigenvalue weighted by atomic mass is 10.0. The molecule has 2 amide bonds. The second-order valence-electron chi connectivity index (χ2n) is 5.91. The van der Waals surface area contributed by atoms with Crippen molar-refractivity contribution in [3.8, 4) is 5.75 Å². The molecule has 0 aromatic heterocycles. The molecule has 0 aliphatic heterocycles. The number of carbonyl (C=O) groups excluding carboxylic acids is 3. The molecule has 0 radical (unpaired) electrons. The molecule has 0 heterocycles. The van der Waals surface area contributed by atoms with Gasteiger partial charge in [0.1, 0.15) is 5.75 Å². The molecule has 0 bridgehead atoms. The quantitative estimate of drug-likeness (QED) is 0.656. The highest BCUT2D eigenvalue weighted by Crippen LogP contribution is 2.26. The highest BCUT2D eigenvalue weighted by molar-refractivity contribution is 6.01. The van der Waals surface area contributed by atoms with Crippen LogP contribution in [-0.4, -0.2) is 24.7 Å². The first-order chi connectivity index (χ1) is 13.1. The molecule has 0 saturated heterocycles. The van der Waals surface area contributed by atoms with Gasteiger partial charge >= 0.3 is 0 Å². The van der Waals surface area contributed by atoms with Crippen molar-refractivity contribution in [2.45, 2.75) is 6.92 Å². The van der Waals surface area contributed by atoms with Crippen molar-refractivity contribution in [3.05, 3.63) is 66.2 Å². The van der Waals surface area contributed by atoms with Gasteiger partial charge in [-0.05, 0) is 41.1 Å². The number of anilines is 2. The highest BCUT2D eigenvalue weighted by Gasteiger charge is 2.10. The summed E-state index contributed by atoms with van der Waals surface area (Å²) in [5, 5.41) is 7.06. The van der Waals surface area contributed by atoms with Crippen LogP contribution in [-0.2, 0) is 9.59 Å². The molecule has 2 N–H and O–H groups in total.